The van der Waals surface area contributed by atoms with Gasteiger partial charge in [0.05, 0.1) is 6.61 Å². The van der Waals surface area contributed by atoms with Crippen LogP contribution in [0.5, 0.6) is 0 Å². The number of rotatable bonds is 5. The van der Waals surface area contributed by atoms with E-state index in [1.807, 2.05) is 45.0 Å². The van der Waals surface area contributed by atoms with Crippen molar-refractivity contribution in [2.75, 3.05) is 11.9 Å². The number of hydrogen-bond acceptors (Lipinski definition) is 3. The molecular formula is C15H22N2O3. The molecule has 0 aromatic heterocycles. The number of hydrogen-bond donors (Lipinski definition) is 2. The van der Waals surface area contributed by atoms with E-state index in [0.717, 1.165) is 5.56 Å². The lowest BCUT2D eigenvalue weighted by atomic mass is 10.0. The van der Waals surface area contributed by atoms with E-state index in [1.54, 1.807) is 6.92 Å². The molecule has 2 N–H and O–H groups in total. The fraction of sp³-hybridized carbons (Fsp3) is 0.467. The summed E-state index contributed by atoms with van der Waals surface area (Å²) in [6.07, 6.45) is -0.578. The third-order valence-electron chi connectivity index (χ3n) is 2.78. The van der Waals surface area contributed by atoms with Gasteiger partial charge < -0.3 is 15.4 Å². The van der Waals surface area contributed by atoms with Gasteiger partial charge in [0, 0.05) is 5.69 Å². The van der Waals surface area contributed by atoms with Gasteiger partial charge in [-0.05, 0) is 37.5 Å². The smallest absolute Gasteiger partial charge is 0.407 e. The molecular weight excluding hydrogens is 256 g/mol. The third kappa shape index (κ3) is 4.91. The van der Waals surface area contributed by atoms with Crippen LogP contribution in [0, 0.1) is 12.8 Å². The lowest BCUT2D eigenvalue weighted by Crippen LogP contribution is -2.47. The average molecular weight is 278 g/mol. The van der Waals surface area contributed by atoms with E-state index in [2.05, 4.69) is 10.6 Å². The number of aryl methyl sites for hydroxylation is 1. The van der Waals surface area contributed by atoms with Crippen molar-refractivity contribution < 1.29 is 14.3 Å². The molecule has 0 aliphatic carbocycles. The second kappa shape index (κ2) is 7.53. The van der Waals surface area contributed by atoms with Crippen LogP contribution in [0.3, 0.4) is 0 Å². The Morgan fingerprint density at radius 1 is 1.30 bits per heavy atom. The first-order valence-electron chi connectivity index (χ1n) is 6.74. The minimum absolute atomic E-state index is 0.0378. The minimum Gasteiger partial charge on any atom is -0.450 e. The largest absolute Gasteiger partial charge is 0.450 e. The average Bonchev–Trinajstić information content (AvgIpc) is 2.35. The first-order valence-corrected chi connectivity index (χ1v) is 6.74. The molecule has 0 aliphatic heterocycles. The molecule has 5 nitrogen and oxygen atoms in total. The maximum Gasteiger partial charge on any atom is 0.407 e. The lowest BCUT2D eigenvalue weighted by Gasteiger charge is -2.21. The first-order chi connectivity index (χ1) is 9.43. The lowest BCUT2D eigenvalue weighted by molar-refractivity contribution is -0.119. The van der Waals surface area contributed by atoms with E-state index in [-0.39, 0.29) is 18.4 Å². The van der Waals surface area contributed by atoms with Crippen LogP contribution in [0.4, 0.5) is 10.5 Å². The topological polar surface area (TPSA) is 67.4 Å². The summed E-state index contributed by atoms with van der Waals surface area (Å²) in [4.78, 5) is 23.7. The zero-order valence-electron chi connectivity index (χ0n) is 12.4. The highest BCUT2D eigenvalue weighted by atomic mass is 16.5. The van der Waals surface area contributed by atoms with Gasteiger partial charge in [0.2, 0.25) is 5.91 Å². The van der Waals surface area contributed by atoms with Crippen LogP contribution < -0.4 is 10.6 Å². The highest BCUT2D eigenvalue weighted by molar-refractivity contribution is 5.96. The molecule has 1 rings (SSSR count). The number of carbonyl (C=O) groups excluding carboxylic acids is 2. The van der Waals surface area contributed by atoms with E-state index < -0.39 is 12.1 Å². The van der Waals surface area contributed by atoms with Gasteiger partial charge in [0.25, 0.3) is 0 Å². The van der Waals surface area contributed by atoms with Crippen LogP contribution >= 0.6 is 0 Å². The molecule has 0 fully saturated rings. The molecule has 0 spiro atoms. The summed E-state index contributed by atoms with van der Waals surface area (Å²) < 4.78 is 4.81. The number of benzene rings is 1. The number of ether oxygens (including phenoxy) is 1. The van der Waals surface area contributed by atoms with Crippen LogP contribution in [0.1, 0.15) is 26.3 Å². The molecule has 20 heavy (non-hydrogen) atoms. The quantitative estimate of drug-likeness (QED) is 0.870. The Hall–Kier alpha value is -2.04. The molecule has 0 saturated heterocycles. The fourth-order valence-corrected chi connectivity index (χ4v) is 1.78. The fourth-order valence-electron chi connectivity index (χ4n) is 1.78. The number of amides is 2. The third-order valence-corrected chi connectivity index (χ3v) is 2.78. The maximum absolute atomic E-state index is 12.2. The molecule has 0 unspecified atom stereocenters. The van der Waals surface area contributed by atoms with Crippen molar-refractivity contribution in [3.05, 3.63) is 29.8 Å². The van der Waals surface area contributed by atoms with Crippen molar-refractivity contribution in [1.29, 1.82) is 0 Å². The van der Waals surface area contributed by atoms with E-state index in [0.29, 0.717) is 5.69 Å². The van der Waals surface area contributed by atoms with Crippen LogP contribution in [0.2, 0.25) is 0 Å². The van der Waals surface area contributed by atoms with Crippen LogP contribution in [-0.4, -0.2) is 24.6 Å². The molecule has 0 radical (unpaired) electrons. The predicted octanol–water partition coefficient (Wildman–Crippen LogP) is 2.70. The summed E-state index contributed by atoms with van der Waals surface area (Å²) in [6, 6.07) is 6.88. The Kier molecular flexibility index (Phi) is 6.03. The van der Waals surface area contributed by atoms with Crippen molar-refractivity contribution in [1.82, 2.24) is 5.32 Å². The van der Waals surface area contributed by atoms with Gasteiger partial charge in [-0.3, -0.25) is 4.79 Å². The molecule has 1 aromatic rings. The van der Waals surface area contributed by atoms with Crippen molar-refractivity contribution in [3.63, 3.8) is 0 Å². The molecule has 0 saturated carbocycles. The van der Waals surface area contributed by atoms with Crippen molar-refractivity contribution in [2.45, 2.75) is 33.7 Å². The van der Waals surface area contributed by atoms with Gasteiger partial charge in [0.1, 0.15) is 6.04 Å². The van der Waals surface area contributed by atoms with Gasteiger partial charge in [-0.1, -0.05) is 26.0 Å². The molecule has 1 atom stereocenters. The van der Waals surface area contributed by atoms with E-state index in [1.165, 1.54) is 0 Å². The van der Waals surface area contributed by atoms with Gasteiger partial charge in [-0.25, -0.2) is 4.79 Å². The standard InChI is InChI=1S/C15H22N2O3/c1-5-20-15(19)17-13(10(2)3)14(18)16-12-8-6-7-11(4)9-12/h6-10,13H,5H2,1-4H3,(H,16,18)(H,17,19)/t13-/m1/s1. The van der Waals surface area contributed by atoms with Crippen molar-refractivity contribution in [3.8, 4) is 0 Å². The van der Waals surface area contributed by atoms with E-state index in [4.69, 9.17) is 4.74 Å². The first kappa shape index (κ1) is 16.0. The summed E-state index contributed by atoms with van der Waals surface area (Å²) in [5.41, 5.74) is 1.77. The highest BCUT2D eigenvalue weighted by Crippen LogP contribution is 2.12. The number of anilines is 1. The van der Waals surface area contributed by atoms with Crippen molar-refractivity contribution >= 4 is 17.7 Å². The zero-order valence-corrected chi connectivity index (χ0v) is 12.4. The van der Waals surface area contributed by atoms with Crippen LogP contribution in [0.15, 0.2) is 24.3 Å². The van der Waals surface area contributed by atoms with Gasteiger partial charge >= 0.3 is 6.09 Å². The summed E-state index contributed by atoms with van der Waals surface area (Å²) in [6.45, 7) is 7.68. The molecule has 110 valence electrons. The minimum atomic E-state index is -0.630. The Morgan fingerprint density at radius 3 is 2.55 bits per heavy atom. The van der Waals surface area contributed by atoms with Gasteiger partial charge in [-0.15, -0.1) is 0 Å². The van der Waals surface area contributed by atoms with Crippen LogP contribution in [-0.2, 0) is 9.53 Å². The Morgan fingerprint density at radius 2 is 2.00 bits per heavy atom. The molecule has 0 bridgehead atoms. The molecule has 5 heteroatoms. The van der Waals surface area contributed by atoms with Crippen molar-refractivity contribution in [2.24, 2.45) is 5.92 Å². The summed E-state index contributed by atoms with van der Waals surface area (Å²) in [5, 5.41) is 5.38. The van der Waals surface area contributed by atoms with Gasteiger partial charge in [-0.2, -0.15) is 0 Å². The summed E-state index contributed by atoms with van der Waals surface area (Å²) in [5.74, 6) is -0.289. The monoisotopic (exact) mass is 278 g/mol. The van der Waals surface area contributed by atoms with Crippen LogP contribution in [0.25, 0.3) is 0 Å². The molecule has 1 aromatic carbocycles. The van der Waals surface area contributed by atoms with E-state index in [9.17, 15) is 9.59 Å². The SMILES string of the molecule is CCOC(=O)N[C@@H](C(=O)Nc1cccc(C)c1)C(C)C. The summed E-state index contributed by atoms with van der Waals surface area (Å²) in [7, 11) is 0. The molecule has 0 heterocycles. The highest BCUT2D eigenvalue weighted by Gasteiger charge is 2.24. The normalized spacial score (nSPS) is 11.8. The Balaban J connectivity index is 2.71. The number of carbonyl (C=O) groups is 2. The Labute approximate surface area is 119 Å². The van der Waals surface area contributed by atoms with Gasteiger partial charge in [0.15, 0.2) is 0 Å². The second-order valence-corrected chi connectivity index (χ2v) is 4.95. The molecule has 2 amide bonds. The maximum atomic E-state index is 12.2. The zero-order chi connectivity index (χ0) is 15.1. The molecule has 0 aliphatic rings. The number of alkyl carbamates (subject to hydrolysis) is 1. The number of nitrogens with one attached hydrogen (secondary N) is 2. The Bertz CT molecular complexity index is 472. The second-order valence-electron chi connectivity index (χ2n) is 4.95. The summed E-state index contributed by atoms with van der Waals surface area (Å²) >= 11 is 0. The predicted molar refractivity (Wildman–Crippen MR) is 78.6 cm³/mol. The van der Waals surface area contributed by atoms with E-state index >= 15 is 0 Å².